The molecule has 0 aliphatic rings. The molecule has 0 aliphatic carbocycles. The van der Waals surface area contributed by atoms with Gasteiger partial charge in [-0.3, -0.25) is 10.1 Å². The van der Waals surface area contributed by atoms with E-state index in [2.05, 4.69) is 4.72 Å². The lowest BCUT2D eigenvalue weighted by Crippen LogP contribution is -2.26. The highest BCUT2D eigenvalue weighted by Crippen LogP contribution is 2.31. The fraction of sp³-hybridized carbons (Fsp3) is 0.429. The molecule has 0 aromatic heterocycles. The molecule has 1 rings (SSSR count). The zero-order valence-corrected chi connectivity index (χ0v) is 13.5. The molecule has 0 saturated carbocycles. The van der Waals surface area contributed by atoms with Crippen molar-refractivity contribution in [1.29, 1.82) is 0 Å². The van der Waals surface area contributed by atoms with Crippen molar-refractivity contribution in [1.82, 2.24) is 4.72 Å². The fourth-order valence-corrected chi connectivity index (χ4v) is 3.88. The zero-order valence-electron chi connectivity index (χ0n) is 12.6. The van der Waals surface area contributed by atoms with Crippen LogP contribution in [0.25, 0.3) is 0 Å². The van der Waals surface area contributed by atoms with Crippen LogP contribution in [0, 0.1) is 30.9 Å². The summed E-state index contributed by atoms with van der Waals surface area (Å²) in [5, 5.41) is 11.1. The van der Waals surface area contributed by atoms with Crippen LogP contribution in [0.2, 0.25) is 0 Å². The predicted octanol–water partition coefficient (Wildman–Crippen LogP) is 2.76. The van der Waals surface area contributed by atoms with Crippen LogP contribution in [-0.2, 0) is 10.0 Å². The van der Waals surface area contributed by atoms with Gasteiger partial charge >= 0.3 is 0 Å². The Bertz CT molecular complexity index is 679. The lowest BCUT2D eigenvalue weighted by molar-refractivity contribution is -0.386. The van der Waals surface area contributed by atoms with E-state index in [1.165, 1.54) is 13.0 Å². The zero-order chi connectivity index (χ0) is 16.2. The van der Waals surface area contributed by atoms with Gasteiger partial charge < -0.3 is 0 Å². The van der Waals surface area contributed by atoms with Crippen molar-refractivity contribution < 1.29 is 13.3 Å². The van der Waals surface area contributed by atoms with Crippen molar-refractivity contribution >= 4 is 15.7 Å². The van der Waals surface area contributed by atoms with Gasteiger partial charge in [0.1, 0.15) is 0 Å². The van der Waals surface area contributed by atoms with Gasteiger partial charge in [-0.2, -0.15) is 0 Å². The minimum absolute atomic E-state index is 0.000257. The molecular formula is C14H20N2O4S. The minimum Gasteiger partial charge on any atom is -0.258 e. The lowest BCUT2D eigenvalue weighted by Gasteiger charge is -2.13. The lowest BCUT2D eigenvalue weighted by atomic mass is 10.1. The molecule has 1 N–H and O–H groups in total. The molecular weight excluding hydrogens is 292 g/mol. The van der Waals surface area contributed by atoms with Crippen LogP contribution in [0.15, 0.2) is 23.1 Å². The summed E-state index contributed by atoms with van der Waals surface area (Å²) in [6, 6.07) is 1.53. The molecule has 116 valence electrons. The number of nitrogens with zero attached hydrogens (tertiary/aromatic N) is 1. The van der Waals surface area contributed by atoms with Crippen molar-refractivity contribution in [3.05, 3.63) is 45.0 Å². The van der Waals surface area contributed by atoms with Crippen molar-refractivity contribution in [3.63, 3.8) is 0 Å². The molecule has 21 heavy (non-hydrogen) atoms. The van der Waals surface area contributed by atoms with Crippen LogP contribution in [-0.4, -0.2) is 19.9 Å². The predicted molar refractivity (Wildman–Crippen MR) is 81.9 cm³/mol. The summed E-state index contributed by atoms with van der Waals surface area (Å²) in [7, 11) is -3.76. The summed E-state index contributed by atoms with van der Waals surface area (Å²) >= 11 is 0. The van der Waals surface area contributed by atoms with Gasteiger partial charge in [-0.15, -0.1) is 0 Å². The molecule has 0 unspecified atom stereocenters. The van der Waals surface area contributed by atoms with Gasteiger partial charge in [-0.05, 0) is 45.7 Å². The van der Waals surface area contributed by atoms with Gasteiger partial charge in [0.25, 0.3) is 5.69 Å². The van der Waals surface area contributed by atoms with Crippen LogP contribution >= 0.6 is 0 Å². The van der Waals surface area contributed by atoms with E-state index >= 15 is 0 Å². The summed E-state index contributed by atoms with van der Waals surface area (Å²) in [6.07, 6.45) is 4.25. The van der Waals surface area contributed by atoms with Crippen LogP contribution in [0.1, 0.15) is 30.0 Å². The molecule has 0 radical (unpaired) electrons. The molecule has 1 aromatic carbocycles. The number of rotatable bonds is 6. The number of benzene rings is 1. The van der Waals surface area contributed by atoms with Crippen molar-refractivity contribution in [2.45, 2.75) is 39.0 Å². The van der Waals surface area contributed by atoms with E-state index in [-0.39, 0.29) is 22.7 Å². The molecule has 1 aromatic rings. The highest BCUT2D eigenvalue weighted by molar-refractivity contribution is 7.89. The third kappa shape index (κ3) is 3.89. The first-order valence-corrected chi connectivity index (χ1v) is 8.06. The molecule has 0 spiro atoms. The van der Waals surface area contributed by atoms with E-state index in [9.17, 15) is 18.5 Å². The monoisotopic (exact) mass is 312 g/mol. The molecule has 0 aliphatic heterocycles. The fourth-order valence-electron chi connectivity index (χ4n) is 2.37. The summed E-state index contributed by atoms with van der Waals surface area (Å²) in [4.78, 5) is 10.6. The molecule has 0 fully saturated rings. The van der Waals surface area contributed by atoms with Crippen LogP contribution in [0.5, 0.6) is 0 Å². The van der Waals surface area contributed by atoms with Crippen molar-refractivity contribution in [3.8, 4) is 0 Å². The topological polar surface area (TPSA) is 89.3 Å². The van der Waals surface area contributed by atoms with E-state index in [4.69, 9.17) is 0 Å². The van der Waals surface area contributed by atoms with Gasteiger partial charge in [0.15, 0.2) is 0 Å². The van der Waals surface area contributed by atoms with E-state index in [0.717, 1.165) is 0 Å². The van der Waals surface area contributed by atoms with E-state index < -0.39 is 14.9 Å². The van der Waals surface area contributed by atoms with Gasteiger partial charge in [0.05, 0.1) is 9.82 Å². The van der Waals surface area contributed by atoms with Crippen LogP contribution in [0.4, 0.5) is 5.69 Å². The van der Waals surface area contributed by atoms with Gasteiger partial charge in [0, 0.05) is 17.7 Å². The Morgan fingerprint density at radius 1 is 1.29 bits per heavy atom. The standard InChI is InChI=1S/C14H20N2O4S/c1-5-6-7-8-15-21(19,20)14-11(3)9-10(2)13(12(14)4)16(17)18/h5-6,9,15H,7-8H2,1-4H3/b6-5+. The SMILES string of the molecule is C/C=C/CCNS(=O)(=O)c1c(C)cc(C)c([N+](=O)[O-])c1C. The molecule has 0 heterocycles. The van der Waals surface area contributed by atoms with E-state index in [1.807, 2.05) is 19.1 Å². The maximum atomic E-state index is 12.4. The average Bonchev–Trinajstić information content (AvgIpc) is 2.32. The van der Waals surface area contributed by atoms with Gasteiger partial charge in [-0.1, -0.05) is 12.2 Å². The Morgan fingerprint density at radius 2 is 1.90 bits per heavy atom. The third-order valence-electron chi connectivity index (χ3n) is 3.15. The quantitative estimate of drug-likeness (QED) is 0.378. The summed E-state index contributed by atoms with van der Waals surface area (Å²) < 4.78 is 27.2. The smallest absolute Gasteiger partial charge is 0.258 e. The third-order valence-corrected chi connectivity index (χ3v) is 4.90. The Morgan fingerprint density at radius 3 is 2.43 bits per heavy atom. The van der Waals surface area contributed by atoms with E-state index in [0.29, 0.717) is 17.5 Å². The number of hydrogen-bond acceptors (Lipinski definition) is 4. The number of allylic oxidation sites excluding steroid dienone is 1. The second-order valence-corrected chi connectivity index (χ2v) is 6.53. The number of hydrogen-bond donors (Lipinski definition) is 1. The van der Waals surface area contributed by atoms with Crippen LogP contribution in [0.3, 0.4) is 0 Å². The second kappa shape index (κ2) is 6.82. The molecule has 0 atom stereocenters. The van der Waals surface area contributed by atoms with Gasteiger partial charge in [0.2, 0.25) is 10.0 Å². The number of aryl methyl sites for hydroxylation is 2. The summed E-state index contributed by atoms with van der Waals surface area (Å²) in [6.45, 7) is 6.83. The Hall–Kier alpha value is -1.73. The normalized spacial score (nSPS) is 12.0. The summed E-state index contributed by atoms with van der Waals surface area (Å²) in [5.41, 5.74) is 1.00. The highest BCUT2D eigenvalue weighted by atomic mass is 32.2. The molecule has 0 bridgehead atoms. The second-order valence-electron chi connectivity index (χ2n) is 4.83. The van der Waals surface area contributed by atoms with Crippen molar-refractivity contribution in [2.24, 2.45) is 0 Å². The Labute approximate surface area is 125 Å². The molecule has 6 nitrogen and oxygen atoms in total. The number of nitro benzene ring substituents is 1. The summed E-state index contributed by atoms with van der Waals surface area (Å²) in [5.74, 6) is 0. The Kier molecular flexibility index (Phi) is 5.62. The number of sulfonamides is 1. The highest BCUT2D eigenvalue weighted by Gasteiger charge is 2.27. The average molecular weight is 312 g/mol. The van der Waals surface area contributed by atoms with Crippen LogP contribution < -0.4 is 4.72 Å². The first-order chi connectivity index (χ1) is 9.72. The van der Waals surface area contributed by atoms with Crippen molar-refractivity contribution in [2.75, 3.05) is 6.54 Å². The molecule has 0 saturated heterocycles. The Balaban J connectivity index is 3.29. The number of nitrogens with one attached hydrogen (secondary N) is 1. The maximum absolute atomic E-state index is 12.4. The first kappa shape index (κ1) is 17.3. The van der Waals surface area contributed by atoms with E-state index in [1.54, 1.807) is 13.8 Å². The maximum Gasteiger partial charge on any atom is 0.276 e. The molecule has 7 heteroatoms. The number of nitro groups is 1. The first-order valence-electron chi connectivity index (χ1n) is 6.58. The molecule has 0 amide bonds. The largest absolute Gasteiger partial charge is 0.276 e. The van der Waals surface area contributed by atoms with Gasteiger partial charge in [-0.25, -0.2) is 13.1 Å². The minimum atomic E-state index is -3.76.